The smallest absolute Gasteiger partial charge is 0.325 e. The van der Waals surface area contributed by atoms with E-state index in [9.17, 15) is 9.59 Å². The number of imide groups is 1. The molecule has 3 amide bonds. The third kappa shape index (κ3) is 2.60. The molecule has 0 radical (unpaired) electrons. The predicted molar refractivity (Wildman–Crippen MR) is 80.0 cm³/mol. The molecular weight excluding hydrogens is 268 g/mol. The Kier molecular flexibility index (Phi) is 4.21. The number of hydrogen-bond donors (Lipinski definition) is 1. The highest BCUT2D eigenvalue weighted by atomic mass is 16.5. The van der Waals surface area contributed by atoms with Crippen LogP contribution < -0.4 is 10.1 Å². The highest BCUT2D eigenvalue weighted by Gasteiger charge is 2.51. The van der Waals surface area contributed by atoms with E-state index in [1.807, 2.05) is 32.9 Å². The fourth-order valence-electron chi connectivity index (χ4n) is 2.67. The maximum atomic E-state index is 12.8. The zero-order valence-corrected chi connectivity index (χ0v) is 13.0. The van der Waals surface area contributed by atoms with Crippen LogP contribution in [0.25, 0.3) is 0 Å². The van der Waals surface area contributed by atoms with Crippen LogP contribution >= 0.6 is 0 Å². The average molecular weight is 290 g/mol. The van der Waals surface area contributed by atoms with Gasteiger partial charge in [0.2, 0.25) is 0 Å². The lowest BCUT2D eigenvalue weighted by Gasteiger charge is -2.26. The third-order valence-corrected chi connectivity index (χ3v) is 3.84. The molecule has 1 atom stereocenters. The molecule has 1 aromatic rings. The van der Waals surface area contributed by atoms with Crippen molar-refractivity contribution in [3.8, 4) is 5.75 Å². The summed E-state index contributed by atoms with van der Waals surface area (Å²) in [6.07, 6.45) is 0.512. The maximum Gasteiger partial charge on any atom is 0.325 e. The lowest BCUT2D eigenvalue weighted by atomic mass is 9.87. The topological polar surface area (TPSA) is 58.6 Å². The SMILES string of the molecule is CC[C@@]1(c2ccc(OC)cc2)NC(=O)N(CC(C)C)C1=O. The molecule has 0 unspecified atom stereocenters. The Hall–Kier alpha value is -2.04. The van der Waals surface area contributed by atoms with Crippen molar-refractivity contribution in [1.29, 1.82) is 0 Å². The van der Waals surface area contributed by atoms with Crippen molar-refractivity contribution in [3.63, 3.8) is 0 Å². The van der Waals surface area contributed by atoms with Gasteiger partial charge in [-0.15, -0.1) is 0 Å². The number of carbonyl (C=O) groups excluding carboxylic acids is 2. The molecule has 0 aromatic heterocycles. The number of amides is 3. The van der Waals surface area contributed by atoms with E-state index in [-0.39, 0.29) is 17.9 Å². The number of hydrogen-bond acceptors (Lipinski definition) is 3. The molecule has 1 aliphatic rings. The molecule has 5 heteroatoms. The van der Waals surface area contributed by atoms with Gasteiger partial charge in [0.1, 0.15) is 11.3 Å². The summed E-state index contributed by atoms with van der Waals surface area (Å²) in [7, 11) is 1.59. The first kappa shape index (κ1) is 15.4. The number of methoxy groups -OCH3 is 1. The van der Waals surface area contributed by atoms with Gasteiger partial charge in [-0.05, 0) is 30.0 Å². The van der Waals surface area contributed by atoms with Gasteiger partial charge in [0.25, 0.3) is 5.91 Å². The van der Waals surface area contributed by atoms with E-state index >= 15 is 0 Å². The van der Waals surface area contributed by atoms with Crippen LogP contribution in [0.5, 0.6) is 5.75 Å². The number of urea groups is 1. The van der Waals surface area contributed by atoms with E-state index in [1.165, 1.54) is 4.90 Å². The number of carbonyl (C=O) groups is 2. The summed E-state index contributed by atoms with van der Waals surface area (Å²) in [6, 6.07) is 6.96. The van der Waals surface area contributed by atoms with E-state index in [1.54, 1.807) is 19.2 Å². The number of nitrogens with zero attached hydrogens (tertiary/aromatic N) is 1. The molecule has 1 fully saturated rings. The van der Waals surface area contributed by atoms with E-state index in [4.69, 9.17) is 4.74 Å². The van der Waals surface area contributed by atoms with Crippen molar-refractivity contribution in [2.45, 2.75) is 32.7 Å². The van der Waals surface area contributed by atoms with Gasteiger partial charge >= 0.3 is 6.03 Å². The van der Waals surface area contributed by atoms with Gasteiger partial charge in [0, 0.05) is 6.54 Å². The Morgan fingerprint density at radius 3 is 2.33 bits per heavy atom. The fourth-order valence-corrected chi connectivity index (χ4v) is 2.67. The van der Waals surface area contributed by atoms with Crippen LogP contribution in [-0.4, -0.2) is 30.5 Å². The first-order valence-electron chi connectivity index (χ1n) is 7.23. The van der Waals surface area contributed by atoms with Gasteiger partial charge in [0.15, 0.2) is 0 Å². The number of rotatable bonds is 5. The predicted octanol–water partition coefficient (Wildman–Crippen LogP) is 2.51. The highest BCUT2D eigenvalue weighted by molar-refractivity contribution is 6.07. The van der Waals surface area contributed by atoms with Gasteiger partial charge in [-0.2, -0.15) is 0 Å². The molecule has 1 aliphatic heterocycles. The highest BCUT2D eigenvalue weighted by Crippen LogP contribution is 2.33. The molecular formula is C16H22N2O3. The minimum absolute atomic E-state index is 0.172. The van der Waals surface area contributed by atoms with Crippen LogP contribution in [0.4, 0.5) is 4.79 Å². The lowest BCUT2D eigenvalue weighted by Crippen LogP contribution is -2.43. The molecule has 1 heterocycles. The largest absolute Gasteiger partial charge is 0.497 e. The van der Waals surface area contributed by atoms with Crippen molar-refractivity contribution >= 4 is 11.9 Å². The summed E-state index contributed by atoms with van der Waals surface area (Å²) in [6.45, 7) is 6.31. The Balaban J connectivity index is 2.37. The second-order valence-electron chi connectivity index (χ2n) is 5.73. The van der Waals surface area contributed by atoms with Crippen LogP contribution in [0.2, 0.25) is 0 Å². The number of nitrogens with one attached hydrogen (secondary N) is 1. The summed E-state index contributed by atoms with van der Waals surface area (Å²) >= 11 is 0. The molecule has 0 saturated carbocycles. The van der Waals surface area contributed by atoms with Crippen molar-refractivity contribution in [1.82, 2.24) is 10.2 Å². The van der Waals surface area contributed by atoms with Gasteiger partial charge in [-0.3, -0.25) is 9.69 Å². The van der Waals surface area contributed by atoms with Gasteiger partial charge in [0.05, 0.1) is 7.11 Å². The zero-order valence-electron chi connectivity index (χ0n) is 13.0. The first-order chi connectivity index (χ1) is 9.94. The molecule has 1 N–H and O–H groups in total. The number of benzene rings is 1. The normalized spacial score (nSPS) is 21.9. The van der Waals surface area contributed by atoms with Gasteiger partial charge in [-0.1, -0.05) is 32.9 Å². The van der Waals surface area contributed by atoms with E-state index in [0.717, 1.165) is 11.3 Å². The summed E-state index contributed by atoms with van der Waals surface area (Å²) in [5.74, 6) is 0.790. The zero-order chi connectivity index (χ0) is 15.6. The summed E-state index contributed by atoms with van der Waals surface area (Å²) in [4.78, 5) is 26.2. The molecule has 5 nitrogen and oxygen atoms in total. The second kappa shape index (κ2) is 5.76. The van der Waals surface area contributed by atoms with Crippen molar-refractivity contribution in [2.75, 3.05) is 13.7 Å². The summed E-state index contributed by atoms with van der Waals surface area (Å²) in [5.41, 5.74) is -0.173. The summed E-state index contributed by atoms with van der Waals surface area (Å²) < 4.78 is 5.14. The van der Waals surface area contributed by atoms with Crippen LogP contribution in [0.3, 0.4) is 0 Å². The quantitative estimate of drug-likeness (QED) is 0.848. The first-order valence-corrected chi connectivity index (χ1v) is 7.23. The molecule has 21 heavy (non-hydrogen) atoms. The Morgan fingerprint density at radius 2 is 1.86 bits per heavy atom. The van der Waals surface area contributed by atoms with Crippen LogP contribution in [0, 0.1) is 5.92 Å². The van der Waals surface area contributed by atoms with E-state index < -0.39 is 5.54 Å². The van der Waals surface area contributed by atoms with E-state index in [0.29, 0.717) is 13.0 Å². The van der Waals surface area contributed by atoms with Crippen molar-refractivity contribution < 1.29 is 14.3 Å². The molecule has 1 aromatic carbocycles. The van der Waals surface area contributed by atoms with Gasteiger partial charge in [-0.25, -0.2) is 4.79 Å². The molecule has 0 aliphatic carbocycles. The lowest BCUT2D eigenvalue weighted by molar-refractivity contribution is -0.132. The second-order valence-corrected chi connectivity index (χ2v) is 5.73. The number of ether oxygens (including phenoxy) is 1. The average Bonchev–Trinajstić information content (AvgIpc) is 2.72. The maximum absolute atomic E-state index is 12.8. The van der Waals surface area contributed by atoms with Crippen molar-refractivity contribution in [2.24, 2.45) is 5.92 Å². The van der Waals surface area contributed by atoms with Crippen molar-refractivity contribution in [3.05, 3.63) is 29.8 Å². The van der Waals surface area contributed by atoms with Crippen LogP contribution in [-0.2, 0) is 10.3 Å². The molecule has 2 rings (SSSR count). The molecule has 0 spiro atoms. The third-order valence-electron chi connectivity index (χ3n) is 3.84. The Morgan fingerprint density at radius 1 is 1.24 bits per heavy atom. The fraction of sp³-hybridized carbons (Fsp3) is 0.500. The minimum atomic E-state index is -0.960. The molecule has 1 saturated heterocycles. The van der Waals surface area contributed by atoms with Crippen LogP contribution in [0.15, 0.2) is 24.3 Å². The van der Waals surface area contributed by atoms with E-state index in [2.05, 4.69) is 5.32 Å². The molecule has 0 bridgehead atoms. The summed E-state index contributed by atoms with van der Waals surface area (Å²) in [5, 5.41) is 2.87. The minimum Gasteiger partial charge on any atom is -0.497 e. The standard InChI is InChI=1S/C16H22N2O3/c1-5-16(12-6-8-13(21-4)9-7-12)14(19)18(10-11(2)3)15(20)17-16/h6-9,11H,5,10H2,1-4H3,(H,17,20)/t16-/m0/s1. The Bertz CT molecular complexity index is 539. The van der Waals surface area contributed by atoms with Gasteiger partial charge < -0.3 is 10.1 Å². The van der Waals surface area contributed by atoms with Crippen LogP contribution in [0.1, 0.15) is 32.8 Å². The Labute approximate surface area is 125 Å². The monoisotopic (exact) mass is 290 g/mol. The molecule has 114 valence electrons.